The van der Waals surface area contributed by atoms with Crippen molar-refractivity contribution in [1.29, 1.82) is 0 Å². The van der Waals surface area contributed by atoms with Crippen LogP contribution in [-0.2, 0) is 11.3 Å². The van der Waals surface area contributed by atoms with E-state index in [4.69, 9.17) is 26.8 Å². The minimum atomic E-state index is -0.494. The number of guanidine groups is 1. The lowest BCUT2D eigenvalue weighted by atomic mass is 10.2. The zero-order chi connectivity index (χ0) is 19.3. The molecule has 1 amide bonds. The lowest BCUT2D eigenvalue weighted by molar-refractivity contribution is 0.0186. The monoisotopic (exact) mass is 510 g/mol. The Kier molecular flexibility index (Phi) is 8.93. The van der Waals surface area contributed by atoms with Crippen LogP contribution in [0.4, 0.5) is 4.79 Å². The predicted octanol–water partition coefficient (Wildman–Crippen LogP) is 3.33. The molecule has 9 heteroatoms. The molecule has 1 aromatic rings. The van der Waals surface area contributed by atoms with E-state index in [9.17, 15) is 4.79 Å². The molecule has 0 radical (unpaired) electrons. The molecular formula is C18H28ClIN4O3. The molecule has 0 unspecified atom stereocenters. The molecule has 1 saturated heterocycles. The van der Waals surface area contributed by atoms with Crippen LogP contribution in [-0.4, -0.2) is 60.7 Å². The Bertz CT molecular complexity index is 671. The van der Waals surface area contributed by atoms with Crippen LogP contribution in [0.15, 0.2) is 23.2 Å². The topological polar surface area (TPSA) is 80.4 Å². The van der Waals surface area contributed by atoms with Gasteiger partial charge < -0.3 is 25.0 Å². The van der Waals surface area contributed by atoms with E-state index in [2.05, 4.69) is 4.99 Å². The van der Waals surface area contributed by atoms with Crippen molar-refractivity contribution < 1.29 is 14.3 Å². The fourth-order valence-electron chi connectivity index (χ4n) is 2.56. The SMILES string of the molecule is COc1cc(Cl)ccc1CN=C(N)N1CCN(C(=O)OC(C)(C)C)CC1.I. The molecule has 7 nitrogen and oxygen atoms in total. The van der Waals surface area contributed by atoms with Crippen molar-refractivity contribution in [2.45, 2.75) is 32.9 Å². The normalized spacial score (nSPS) is 15.2. The Balaban J connectivity index is 0.00000364. The van der Waals surface area contributed by atoms with Gasteiger partial charge in [0.15, 0.2) is 5.96 Å². The van der Waals surface area contributed by atoms with Crippen LogP contribution in [0.3, 0.4) is 0 Å². The number of carbonyl (C=O) groups excluding carboxylic acids is 1. The van der Waals surface area contributed by atoms with Gasteiger partial charge in [0.25, 0.3) is 0 Å². The van der Waals surface area contributed by atoms with Crippen molar-refractivity contribution in [2.75, 3.05) is 33.3 Å². The predicted molar refractivity (Wildman–Crippen MR) is 118 cm³/mol. The highest BCUT2D eigenvalue weighted by atomic mass is 127. The van der Waals surface area contributed by atoms with Crippen LogP contribution in [0, 0.1) is 0 Å². The summed E-state index contributed by atoms with van der Waals surface area (Å²) in [4.78, 5) is 20.2. The fraction of sp³-hybridized carbons (Fsp3) is 0.556. The van der Waals surface area contributed by atoms with Crippen molar-refractivity contribution in [3.63, 3.8) is 0 Å². The third-order valence-electron chi connectivity index (χ3n) is 3.92. The highest BCUT2D eigenvalue weighted by molar-refractivity contribution is 14.0. The van der Waals surface area contributed by atoms with Crippen LogP contribution in [0.2, 0.25) is 5.02 Å². The first-order chi connectivity index (χ1) is 12.2. The number of nitrogens with zero attached hydrogens (tertiary/aromatic N) is 3. The van der Waals surface area contributed by atoms with E-state index >= 15 is 0 Å². The maximum absolute atomic E-state index is 12.1. The third-order valence-corrected chi connectivity index (χ3v) is 4.15. The molecule has 0 atom stereocenters. The number of aliphatic imine (C=N–C) groups is 1. The summed E-state index contributed by atoms with van der Waals surface area (Å²) in [7, 11) is 1.60. The number of halogens is 2. The Morgan fingerprint density at radius 2 is 1.81 bits per heavy atom. The van der Waals surface area contributed by atoms with Crippen LogP contribution in [0.5, 0.6) is 5.75 Å². The first kappa shape index (κ1) is 23.6. The van der Waals surface area contributed by atoms with E-state index in [1.165, 1.54) is 0 Å². The van der Waals surface area contributed by atoms with E-state index in [1.807, 2.05) is 31.7 Å². The minimum Gasteiger partial charge on any atom is -0.496 e. The van der Waals surface area contributed by atoms with Gasteiger partial charge in [-0.1, -0.05) is 17.7 Å². The summed E-state index contributed by atoms with van der Waals surface area (Å²) in [6.45, 7) is 8.31. The molecule has 27 heavy (non-hydrogen) atoms. The molecule has 1 aliphatic rings. The van der Waals surface area contributed by atoms with Gasteiger partial charge in [-0.05, 0) is 32.9 Å². The molecule has 1 fully saturated rings. The maximum atomic E-state index is 12.1. The number of benzene rings is 1. The van der Waals surface area contributed by atoms with E-state index < -0.39 is 5.60 Å². The molecule has 2 N–H and O–H groups in total. The maximum Gasteiger partial charge on any atom is 0.410 e. The summed E-state index contributed by atoms with van der Waals surface area (Å²) < 4.78 is 10.7. The summed E-state index contributed by atoms with van der Waals surface area (Å²) in [5, 5.41) is 0.612. The van der Waals surface area contributed by atoms with E-state index in [0.717, 1.165) is 5.56 Å². The lowest BCUT2D eigenvalue weighted by Gasteiger charge is -2.36. The Hall–Kier alpha value is -1.42. The summed E-state index contributed by atoms with van der Waals surface area (Å²) in [5.74, 6) is 1.13. The van der Waals surface area contributed by atoms with Gasteiger partial charge in [-0.2, -0.15) is 0 Å². The minimum absolute atomic E-state index is 0. The molecule has 152 valence electrons. The standard InChI is InChI=1S/C18H27ClN4O3.HI/c1-18(2,3)26-17(24)23-9-7-22(8-10-23)16(20)21-12-13-5-6-14(19)11-15(13)25-4;/h5-6,11H,7-10,12H2,1-4H3,(H2,20,21);1H. The Morgan fingerprint density at radius 1 is 1.22 bits per heavy atom. The number of piperazine rings is 1. The molecule has 1 aliphatic heterocycles. The average Bonchev–Trinajstić information content (AvgIpc) is 2.59. The molecule has 0 bridgehead atoms. The van der Waals surface area contributed by atoms with E-state index in [-0.39, 0.29) is 30.1 Å². The van der Waals surface area contributed by atoms with Gasteiger partial charge >= 0.3 is 6.09 Å². The van der Waals surface area contributed by atoms with Crippen LogP contribution in [0.1, 0.15) is 26.3 Å². The summed E-state index contributed by atoms with van der Waals surface area (Å²) in [6.07, 6.45) is -0.293. The second-order valence-electron chi connectivity index (χ2n) is 7.09. The van der Waals surface area contributed by atoms with Crippen molar-refractivity contribution in [2.24, 2.45) is 10.7 Å². The zero-order valence-electron chi connectivity index (χ0n) is 16.2. The van der Waals surface area contributed by atoms with Crippen LogP contribution < -0.4 is 10.5 Å². The quantitative estimate of drug-likeness (QED) is 0.383. The number of nitrogens with two attached hydrogens (primary N) is 1. The summed E-state index contributed by atoms with van der Waals surface area (Å²) in [5.41, 5.74) is 6.53. The first-order valence-corrected chi connectivity index (χ1v) is 8.92. The van der Waals surface area contributed by atoms with Crippen molar-refractivity contribution >= 4 is 47.6 Å². The highest BCUT2D eigenvalue weighted by Gasteiger charge is 2.26. The highest BCUT2D eigenvalue weighted by Crippen LogP contribution is 2.23. The molecule has 2 rings (SSSR count). The molecule has 0 aromatic heterocycles. The van der Waals surface area contributed by atoms with Crippen molar-refractivity contribution in [1.82, 2.24) is 9.80 Å². The van der Waals surface area contributed by atoms with Gasteiger partial charge in [0, 0.05) is 36.8 Å². The van der Waals surface area contributed by atoms with Gasteiger partial charge in [-0.3, -0.25) is 0 Å². The number of hydrogen-bond donors (Lipinski definition) is 1. The molecule has 1 heterocycles. The smallest absolute Gasteiger partial charge is 0.410 e. The first-order valence-electron chi connectivity index (χ1n) is 8.55. The van der Waals surface area contributed by atoms with Gasteiger partial charge in [-0.25, -0.2) is 9.79 Å². The number of carbonyl (C=O) groups is 1. The van der Waals surface area contributed by atoms with E-state index in [0.29, 0.717) is 49.5 Å². The van der Waals surface area contributed by atoms with Crippen molar-refractivity contribution in [3.8, 4) is 5.75 Å². The second kappa shape index (κ2) is 10.2. The van der Waals surface area contributed by atoms with E-state index in [1.54, 1.807) is 24.1 Å². The zero-order valence-corrected chi connectivity index (χ0v) is 19.3. The average molecular weight is 511 g/mol. The number of ether oxygens (including phenoxy) is 2. The molecule has 0 saturated carbocycles. The third kappa shape index (κ3) is 7.25. The Labute approximate surface area is 182 Å². The lowest BCUT2D eigenvalue weighted by Crippen LogP contribution is -2.53. The molecule has 0 aliphatic carbocycles. The summed E-state index contributed by atoms with van der Waals surface area (Å²) >= 11 is 5.97. The molecule has 0 spiro atoms. The van der Waals surface area contributed by atoms with Crippen molar-refractivity contribution in [3.05, 3.63) is 28.8 Å². The van der Waals surface area contributed by atoms with Gasteiger partial charge in [-0.15, -0.1) is 24.0 Å². The van der Waals surface area contributed by atoms with Gasteiger partial charge in [0.1, 0.15) is 11.4 Å². The number of methoxy groups -OCH3 is 1. The molecular weight excluding hydrogens is 483 g/mol. The molecule has 1 aromatic carbocycles. The fourth-order valence-corrected chi connectivity index (χ4v) is 2.72. The van der Waals surface area contributed by atoms with Gasteiger partial charge in [0.2, 0.25) is 0 Å². The number of rotatable bonds is 3. The van der Waals surface area contributed by atoms with Crippen LogP contribution in [0.25, 0.3) is 0 Å². The second-order valence-corrected chi connectivity index (χ2v) is 7.52. The summed E-state index contributed by atoms with van der Waals surface area (Å²) in [6, 6.07) is 5.42. The number of hydrogen-bond acceptors (Lipinski definition) is 4. The van der Waals surface area contributed by atoms with Gasteiger partial charge in [0.05, 0.1) is 13.7 Å². The number of amides is 1. The Morgan fingerprint density at radius 3 is 2.37 bits per heavy atom. The van der Waals surface area contributed by atoms with Crippen LogP contribution >= 0.6 is 35.6 Å². The largest absolute Gasteiger partial charge is 0.496 e.